The minimum atomic E-state index is 0.553. The molecule has 2 aliphatic rings. The number of H-pyrrole nitrogens is 1. The molecular weight excluding hydrogens is 232 g/mol. The number of aromatic nitrogens is 1. The minimum absolute atomic E-state index is 0.553. The summed E-state index contributed by atoms with van der Waals surface area (Å²) in [6.45, 7) is 3.16. The molecule has 0 radical (unpaired) electrons. The number of rotatable bonds is 1. The first-order valence-corrected chi connectivity index (χ1v) is 7.29. The molecule has 3 atom stereocenters. The molecule has 0 spiro atoms. The summed E-state index contributed by atoms with van der Waals surface area (Å²) in [5.74, 6) is 1.96. The van der Waals surface area contributed by atoms with Crippen LogP contribution in [0.4, 0.5) is 0 Å². The molecule has 2 heteroatoms. The van der Waals surface area contributed by atoms with Crippen molar-refractivity contribution in [2.45, 2.75) is 19.8 Å². The highest BCUT2D eigenvalue weighted by Crippen LogP contribution is 2.46. The number of nitrogens with one attached hydrogen (secondary N) is 1. The van der Waals surface area contributed by atoms with Gasteiger partial charge in [-0.1, -0.05) is 25.1 Å². The fourth-order valence-corrected chi connectivity index (χ4v) is 4.05. The van der Waals surface area contributed by atoms with Crippen molar-refractivity contribution in [2.75, 3.05) is 6.54 Å². The molecule has 1 aromatic heterocycles. The Morgan fingerprint density at radius 2 is 2.26 bits per heavy atom. The van der Waals surface area contributed by atoms with E-state index in [2.05, 4.69) is 42.4 Å². The summed E-state index contributed by atoms with van der Waals surface area (Å²) in [7, 11) is 0. The number of allylic oxidation sites excluding steroid dienone is 1. The minimum Gasteiger partial charge on any atom is -0.361 e. The van der Waals surface area contributed by atoms with Gasteiger partial charge in [0.05, 0.1) is 0 Å². The quantitative estimate of drug-likeness (QED) is 0.803. The third-order valence-electron chi connectivity index (χ3n) is 5.02. The summed E-state index contributed by atoms with van der Waals surface area (Å²) in [5.41, 5.74) is 11.7. The molecule has 3 N–H and O–H groups in total. The van der Waals surface area contributed by atoms with Crippen LogP contribution in [0.15, 0.2) is 30.5 Å². The van der Waals surface area contributed by atoms with Crippen LogP contribution in [0.1, 0.15) is 24.5 Å². The van der Waals surface area contributed by atoms with Crippen LogP contribution in [0, 0.1) is 17.8 Å². The molecule has 3 unspecified atom stereocenters. The Morgan fingerprint density at radius 3 is 3.11 bits per heavy atom. The molecule has 98 valence electrons. The molecule has 1 heterocycles. The lowest BCUT2D eigenvalue weighted by Gasteiger charge is -2.37. The number of nitrogens with two attached hydrogens (primary N) is 1. The second-order valence-corrected chi connectivity index (χ2v) is 6.18. The van der Waals surface area contributed by atoms with E-state index in [0.29, 0.717) is 11.8 Å². The molecule has 2 aliphatic carbocycles. The van der Waals surface area contributed by atoms with E-state index >= 15 is 0 Å². The summed E-state index contributed by atoms with van der Waals surface area (Å²) in [6.07, 6.45) is 7.07. The molecular formula is C17H20N2. The van der Waals surface area contributed by atoms with E-state index in [9.17, 15) is 0 Å². The summed E-state index contributed by atoms with van der Waals surface area (Å²) >= 11 is 0. The lowest BCUT2D eigenvalue weighted by atomic mass is 9.67. The molecule has 4 rings (SSSR count). The van der Waals surface area contributed by atoms with E-state index in [-0.39, 0.29) is 0 Å². The highest BCUT2D eigenvalue weighted by molar-refractivity contribution is 5.97. The predicted molar refractivity (Wildman–Crippen MR) is 79.8 cm³/mol. The summed E-state index contributed by atoms with van der Waals surface area (Å²) in [5, 5.41) is 1.44. The Labute approximate surface area is 113 Å². The third-order valence-corrected chi connectivity index (χ3v) is 5.02. The fraction of sp³-hybridized carbons (Fsp3) is 0.412. The van der Waals surface area contributed by atoms with E-state index < -0.39 is 0 Å². The van der Waals surface area contributed by atoms with Gasteiger partial charge in [0.2, 0.25) is 0 Å². The van der Waals surface area contributed by atoms with E-state index in [0.717, 1.165) is 12.5 Å². The van der Waals surface area contributed by atoms with Crippen LogP contribution in [0.25, 0.3) is 16.5 Å². The third kappa shape index (κ3) is 1.53. The second-order valence-electron chi connectivity index (χ2n) is 6.18. The van der Waals surface area contributed by atoms with E-state index in [1.165, 1.54) is 34.9 Å². The number of hydrogen-bond donors (Lipinski definition) is 2. The molecule has 0 amide bonds. The van der Waals surface area contributed by atoms with Crippen LogP contribution < -0.4 is 5.73 Å². The zero-order valence-corrected chi connectivity index (χ0v) is 11.3. The van der Waals surface area contributed by atoms with Crippen molar-refractivity contribution >= 4 is 16.5 Å². The van der Waals surface area contributed by atoms with Crippen LogP contribution in [0.5, 0.6) is 0 Å². The Morgan fingerprint density at radius 1 is 1.37 bits per heavy atom. The normalized spacial score (nSPS) is 29.2. The highest BCUT2D eigenvalue weighted by atomic mass is 14.7. The lowest BCUT2D eigenvalue weighted by molar-refractivity contribution is 0.345. The standard InChI is InChI=1S/C17H20N2/c1-10-5-11(8-18)6-15-13-3-2-4-16-17(13)12(9-19-16)7-14(10)15/h2-4,6,9-11,14,19H,5,7-8,18H2,1H3. The van der Waals surface area contributed by atoms with Gasteiger partial charge in [0.15, 0.2) is 0 Å². The first-order valence-electron chi connectivity index (χ1n) is 7.29. The van der Waals surface area contributed by atoms with Gasteiger partial charge in [-0.3, -0.25) is 0 Å². The Balaban J connectivity index is 1.97. The van der Waals surface area contributed by atoms with E-state index in [1.54, 1.807) is 5.57 Å². The molecule has 0 fully saturated rings. The monoisotopic (exact) mass is 252 g/mol. The van der Waals surface area contributed by atoms with Crippen molar-refractivity contribution in [3.63, 3.8) is 0 Å². The topological polar surface area (TPSA) is 41.8 Å². The van der Waals surface area contributed by atoms with Crippen LogP contribution >= 0.6 is 0 Å². The zero-order valence-electron chi connectivity index (χ0n) is 11.3. The van der Waals surface area contributed by atoms with Crippen molar-refractivity contribution in [1.29, 1.82) is 0 Å². The Kier molecular flexibility index (Phi) is 2.36. The smallest absolute Gasteiger partial charge is 0.0462 e. The van der Waals surface area contributed by atoms with Gasteiger partial charge in [-0.2, -0.15) is 0 Å². The van der Waals surface area contributed by atoms with Gasteiger partial charge >= 0.3 is 0 Å². The predicted octanol–water partition coefficient (Wildman–Crippen LogP) is 3.34. The van der Waals surface area contributed by atoms with E-state index in [1.807, 2.05) is 0 Å². The summed E-state index contributed by atoms with van der Waals surface area (Å²) in [4.78, 5) is 3.42. The van der Waals surface area contributed by atoms with Gasteiger partial charge < -0.3 is 10.7 Å². The van der Waals surface area contributed by atoms with Crippen LogP contribution in [-0.2, 0) is 6.42 Å². The Bertz CT molecular complexity index is 665. The van der Waals surface area contributed by atoms with Gasteiger partial charge in [0, 0.05) is 17.1 Å². The molecule has 1 aromatic carbocycles. The number of hydrogen-bond acceptors (Lipinski definition) is 1. The first kappa shape index (κ1) is 11.3. The van der Waals surface area contributed by atoms with Crippen molar-refractivity contribution in [1.82, 2.24) is 4.98 Å². The number of aromatic amines is 1. The van der Waals surface area contributed by atoms with Crippen LogP contribution in [-0.4, -0.2) is 11.5 Å². The van der Waals surface area contributed by atoms with Crippen molar-refractivity contribution < 1.29 is 0 Å². The average Bonchev–Trinajstić information content (AvgIpc) is 2.85. The van der Waals surface area contributed by atoms with Gasteiger partial charge in [-0.05, 0) is 59.9 Å². The summed E-state index contributed by atoms with van der Waals surface area (Å²) in [6, 6.07) is 6.62. The Hall–Kier alpha value is -1.54. The highest BCUT2D eigenvalue weighted by Gasteiger charge is 2.34. The molecule has 0 saturated carbocycles. The fourth-order valence-electron chi connectivity index (χ4n) is 4.05. The average molecular weight is 252 g/mol. The van der Waals surface area contributed by atoms with Crippen molar-refractivity contribution in [3.8, 4) is 0 Å². The van der Waals surface area contributed by atoms with Gasteiger partial charge in [-0.15, -0.1) is 0 Å². The van der Waals surface area contributed by atoms with Gasteiger partial charge in [0.1, 0.15) is 0 Å². The maximum absolute atomic E-state index is 5.91. The van der Waals surface area contributed by atoms with Gasteiger partial charge in [0.25, 0.3) is 0 Å². The van der Waals surface area contributed by atoms with Crippen LogP contribution in [0.3, 0.4) is 0 Å². The SMILES string of the molecule is CC1CC(CN)C=C2c3cccc4[nH]cc(c34)CC21. The van der Waals surface area contributed by atoms with Crippen molar-refractivity contribution in [2.24, 2.45) is 23.5 Å². The molecule has 0 bridgehead atoms. The zero-order chi connectivity index (χ0) is 13.0. The maximum Gasteiger partial charge on any atom is 0.0462 e. The maximum atomic E-state index is 5.91. The first-order chi connectivity index (χ1) is 9.28. The summed E-state index contributed by atoms with van der Waals surface area (Å²) < 4.78 is 0. The molecule has 0 saturated heterocycles. The molecule has 19 heavy (non-hydrogen) atoms. The molecule has 0 aliphatic heterocycles. The van der Waals surface area contributed by atoms with Crippen molar-refractivity contribution in [3.05, 3.63) is 41.6 Å². The number of benzene rings is 1. The lowest BCUT2D eigenvalue weighted by Crippen LogP contribution is -2.29. The van der Waals surface area contributed by atoms with Crippen LogP contribution in [0.2, 0.25) is 0 Å². The van der Waals surface area contributed by atoms with Gasteiger partial charge in [-0.25, -0.2) is 0 Å². The van der Waals surface area contributed by atoms with E-state index in [4.69, 9.17) is 5.73 Å². The second kappa shape index (κ2) is 3.97. The molecule has 2 nitrogen and oxygen atoms in total. The largest absolute Gasteiger partial charge is 0.361 e. The number of fused-ring (bicyclic) bond motifs is 2. The molecule has 2 aromatic rings.